The van der Waals surface area contributed by atoms with Gasteiger partial charge in [0, 0.05) is 12.6 Å². The number of benzene rings is 2. The van der Waals surface area contributed by atoms with E-state index in [2.05, 4.69) is 0 Å². The Hall–Kier alpha value is -2.23. The van der Waals surface area contributed by atoms with Crippen LogP contribution in [-0.2, 0) is 0 Å². The van der Waals surface area contributed by atoms with Gasteiger partial charge in [-0.05, 0) is 30.7 Å². The third kappa shape index (κ3) is 2.85. The highest BCUT2D eigenvalue weighted by Gasteiger charge is 2.19. The average Bonchev–Trinajstić information content (AvgIpc) is 2.48. The van der Waals surface area contributed by atoms with Crippen LogP contribution in [0.25, 0.3) is 0 Å². The zero-order valence-corrected chi connectivity index (χ0v) is 11.3. The van der Waals surface area contributed by atoms with E-state index in [1.54, 1.807) is 7.05 Å². The molecule has 2 rings (SSSR count). The van der Waals surface area contributed by atoms with E-state index in [-0.39, 0.29) is 17.5 Å². The number of rotatable bonds is 3. The SMILES string of the molecule is CC(c1ccccc1)N(C)C(=O)c1ccc(F)c(F)c1. The van der Waals surface area contributed by atoms with E-state index in [9.17, 15) is 13.6 Å². The molecule has 1 atom stereocenters. The highest BCUT2D eigenvalue weighted by molar-refractivity contribution is 5.94. The largest absolute Gasteiger partial charge is 0.335 e. The van der Waals surface area contributed by atoms with Crippen LogP contribution in [0.15, 0.2) is 48.5 Å². The first kappa shape index (κ1) is 14.2. The summed E-state index contributed by atoms with van der Waals surface area (Å²) in [6.07, 6.45) is 0. The monoisotopic (exact) mass is 275 g/mol. The van der Waals surface area contributed by atoms with E-state index in [4.69, 9.17) is 0 Å². The number of nitrogens with zero attached hydrogens (tertiary/aromatic N) is 1. The summed E-state index contributed by atoms with van der Waals surface area (Å²) >= 11 is 0. The van der Waals surface area contributed by atoms with Crippen LogP contribution in [0.1, 0.15) is 28.9 Å². The van der Waals surface area contributed by atoms with Crippen LogP contribution in [0.2, 0.25) is 0 Å². The number of hydrogen-bond donors (Lipinski definition) is 0. The third-order valence-corrected chi connectivity index (χ3v) is 3.35. The van der Waals surface area contributed by atoms with Gasteiger partial charge in [-0.1, -0.05) is 30.3 Å². The topological polar surface area (TPSA) is 20.3 Å². The van der Waals surface area contributed by atoms with Crippen molar-refractivity contribution in [2.75, 3.05) is 7.05 Å². The van der Waals surface area contributed by atoms with Gasteiger partial charge in [-0.15, -0.1) is 0 Å². The van der Waals surface area contributed by atoms with E-state index in [0.717, 1.165) is 17.7 Å². The molecule has 0 N–H and O–H groups in total. The minimum absolute atomic E-state index is 0.134. The van der Waals surface area contributed by atoms with Crippen LogP contribution in [-0.4, -0.2) is 17.9 Å². The second-order valence-electron chi connectivity index (χ2n) is 4.63. The van der Waals surface area contributed by atoms with E-state index in [1.165, 1.54) is 11.0 Å². The fourth-order valence-corrected chi connectivity index (χ4v) is 1.96. The molecule has 0 bridgehead atoms. The smallest absolute Gasteiger partial charge is 0.254 e. The van der Waals surface area contributed by atoms with Crippen LogP contribution >= 0.6 is 0 Å². The summed E-state index contributed by atoms with van der Waals surface area (Å²) in [5.41, 5.74) is 1.11. The summed E-state index contributed by atoms with van der Waals surface area (Å²) in [5.74, 6) is -2.32. The van der Waals surface area contributed by atoms with E-state index >= 15 is 0 Å². The van der Waals surface area contributed by atoms with E-state index in [1.807, 2.05) is 37.3 Å². The van der Waals surface area contributed by atoms with Gasteiger partial charge in [0.2, 0.25) is 0 Å². The Morgan fingerprint density at radius 2 is 1.70 bits per heavy atom. The van der Waals surface area contributed by atoms with Gasteiger partial charge in [0.15, 0.2) is 11.6 Å². The van der Waals surface area contributed by atoms with Gasteiger partial charge in [-0.2, -0.15) is 0 Å². The Labute approximate surface area is 116 Å². The maximum atomic E-state index is 13.2. The number of hydrogen-bond acceptors (Lipinski definition) is 1. The quantitative estimate of drug-likeness (QED) is 0.834. The van der Waals surface area contributed by atoms with Gasteiger partial charge in [0.1, 0.15) is 0 Å². The zero-order valence-electron chi connectivity index (χ0n) is 11.3. The normalized spacial score (nSPS) is 12.0. The van der Waals surface area contributed by atoms with E-state index < -0.39 is 11.6 Å². The molecule has 20 heavy (non-hydrogen) atoms. The van der Waals surface area contributed by atoms with Crippen molar-refractivity contribution in [1.29, 1.82) is 0 Å². The molecule has 0 fully saturated rings. The van der Waals surface area contributed by atoms with Gasteiger partial charge in [0.05, 0.1) is 6.04 Å². The Bertz CT molecular complexity index is 613. The molecule has 2 nitrogen and oxygen atoms in total. The molecule has 2 aromatic rings. The molecule has 104 valence electrons. The Balaban J connectivity index is 2.22. The molecule has 1 unspecified atom stereocenters. The average molecular weight is 275 g/mol. The number of halogens is 2. The first-order valence-corrected chi connectivity index (χ1v) is 6.28. The van der Waals surface area contributed by atoms with Crippen molar-refractivity contribution in [2.24, 2.45) is 0 Å². The summed E-state index contributed by atoms with van der Waals surface area (Å²) in [4.78, 5) is 13.8. The molecule has 0 aliphatic rings. The van der Waals surface area contributed by atoms with Crippen molar-refractivity contribution in [2.45, 2.75) is 13.0 Å². The summed E-state index contributed by atoms with van der Waals surface area (Å²) in [5, 5.41) is 0. The number of carbonyl (C=O) groups is 1. The van der Waals surface area contributed by atoms with Crippen molar-refractivity contribution in [3.05, 3.63) is 71.3 Å². The fourth-order valence-electron chi connectivity index (χ4n) is 1.96. The van der Waals surface area contributed by atoms with Crippen LogP contribution in [0.4, 0.5) is 8.78 Å². The zero-order chi connectivity index (χ0) is 14.7. The summed E-state index contributed by atoms with van der Waals surface area (Å²) in [6, 6.07) is 12.5. The lowest BCUT2D eigenvalue weighted by molar-refractivity contribution is 0.0742. The lowest BCUT2D eigenvalue weighted by Crippen LogP contribution is -2.29. The molecule has 2 aromatic carbocycles. The Morgan fingerprint density at radius 1 is 1.05 bits per heavy atom. The highest BCUT2D eigenvalue weighted by Crippen LogP contribution is 2.21. The Morgan fingerprint density at radius 3 is 2.30 bits per heavy atom. The standard InChI is InChI=1S/C16H15F2NO/c1-11(12-6-4-3-5-7-12)19(2)16(20)13-8-9-14(17)15(18)10-13/h3-11H,1-2H3. The van der Waals surface area contributed by atoms with Gasteiger partial charge >= 0.3 is 0 Å². The maximum Gasteiger partial charge on any atom is 0.254 e. The van der Waals surface area contributed by atoms with Crippen molar-refractivity contribution in [3.8, 4) is 0 Å². The van der Waals surface area contributed by atoms with Crippen molar-refractivity contribution in [3.63, 3.8) is 0 Å². The van der Waals surface area contributed by atoms with Gasteiger partial charge in [-0.3, -0.25) is 4.79 Å². The molecule has 4 heteroatoms. The first-order chi connectivity index (χ1) is 9.50. The minimum Gasteiger partial charge on any atom is -0.335 e. The molecule has 0 heterocycles. The first-order valence-electron chi connectivity index (χ1n) is 6.28. The molecule has 0 saturated carbocycles. The molecule has 1 amide bonds. The molecular weight excluding hydrogens is 260 g/mol. The predicted molar refractivity (Wildman–Crippen MR) is 73.3 cm³/mol. The van der Waals surface area contributed by atoms with Crippen molar-refractivity contribution in [1.82, 2.24) is 4.90 Å². The van der Waals surface area contributed by atoms with Crippen LogP contribution in [0.3, 0.4) is 0 Å². The second-order valence-corrected chi connectivity index (χ2v) is 4.63. The lowest BCUT2D eigenvalue weighted by Gasteiger charge is -2.25. The van der Waals surface area contributed by atoms with Crippen molar-refractivity contribution >= 4 is 5.91 Å². The number of amides is 1. The summed E-state index contributed by atoms with van der Waals surface area (Å²) in [7, 11) is 1.64. The van der Waals surface area contributed by atoms with Gasteiger partial charge in [-0.25, -0.2) is 8.78 Å². The van der Waals surface area contributed by atoms with Gasteiger partial charge < -0.3 is 4.90 Å². The maximum absolute atomic E-state index is 13.2. The molecule has 0 spiro atoms. The molecule has 0 radical (unpaired) electrons. The second kappa shape index (κ2) is 5.82. The molecule has 0 saturated heterocycles. The predicted octanol–water partition coefficient (Wildman–Crippen LogP) is 3.80. The number of carbonyl (C=O) groups excluding carboxylic acids is 1. The molecule has 0 aliphatic carbocycles. The van der Waals surface area contributed by atoms with Crippen LogP contribution in [0.5, 0.6) is 0 Å². The molecular formula is C16H15F2NO. The minimum atomic E-state index is -1.02. The lowest BCUT2D eigenvalue weighted by atomic mass is 10.1. The van der Waals surface area contributed by atoms with Crippen LogP contribution in [0, 0.1) is 11.6 Å². The highest BCUT2D eigenvalue weighted by atomic mass is 19.2. The van der Waals surface area contributed by atoms with Crippen LogP contribution < -0.4 is 0 Å². The molecule has 0 aromatic heterocycles. The Kier molecular flexibility index (Phi) is 4.13. The summed E-state index contributed by atoms with van der Waals surface area (Å²) in [6.45, 7) is 1.88. The summed E-state index contributed by atoms with van der Waals surface area (Å²) < 4.78 is 26.1. The van der Waals surface area contributed by atoms with E-state index in [0.29, 0.717) is 0 Å². The van der Waals surface area contributed by atoms with Gasteiger partial charge in [0.25, 0.3) is 5.91 Å². The fraction of sp³-hybridized carbons (Fsp3) is 0.188. The third-order valence-electron chi connectivity index (χ3n) is 3.35. The van der Waals surface area contributed by atoms with Crippen molar-refractivity contribution < 1.29 is 13.6 Å². The molecule has 0 aliphatic heterocycles.